The van der Waals surface area contributed by atoms with Gasteiger partial charge in [-0.3, -0.25) is 0 Å². The molecule has 0 saturated heterocycles. The van der Waals surface area contributed by atoms with Gasteiger partial charge in [-0.05, 0) is 56.7 Å². The van der Waals surface area contributed by atoms with E-state index in [4.69, 9.17) is 14.2 Å². The van der Waals surface area contributed by atoms with Gasteiger partial charge in [-0.1, -0.05) is 12.1 Å². The molecule has 2 rings (SSSR count). The van der Waals surface area contributed by atoms with Crippen LogP contribution in [-0.4, -0.2) is 26.4 Å². The van der Waals surface area contributed by atoms with E-state index in [9.17, 15) is 4.79 Å². The van der Waals surface area contributed by atoms with Crippen molar-refractivity contribution < 1.29 is 19.0 Å². The van der Waals surface area contributed by atoms with E-state index < -0.39 is 0 Å². The molecule has 0 spiro atoms. The van der Waals surface area contributed by atoms with Crippen molar-refractivity contribution in [1.29, 1.82) is 0 Å². The number of urea groups is 1. The molecule has 27 heavy (non-hydrogen) atoms. The zero-order chi connectivity index (χ0) is 19.8. The van der Waals surface area contributed by atoms with Crippen molar-refractivity contribution in [2.45, 2.75) is 39.5 Å². The smallest absolute Gasteiger partial charge is 0.315 e. The van der Waals surface area contributed by atoms with E-state index in [-0.39, 0.29) is 18.2 Å². The molecule has 6 nitrogen and oxygen atoms in total. The molecule has 0 aliphatic heterocycles. The van der Waals surface area contributed by atoms with E-state index in [1.54, 1.807) is 14.2 Å². The van der Waals surface area contributed by atoms with E-state index in [1.165, 1.54) is 0 Å². The van der Waals surface area contributed by atoms with Gasteiger partial charge in [-0.2, -0.15) is 0 Å². The molecular formula is C21H28N2O4. The molecule has 0 aliphatic rings. The largest absolute Gasteiger partial charge is 0.497 e. The second-order valence-electron chi connectivity index (χ2n) is 6.47. The highest BCUT2D eigenvalue weighted by molar-refractivity contribution is 5.74. The highest BCUT2D eigenvalue weighted by atomic mass is 16.5. The van der Waals surface area contributed by atoms with E-state index in [2.05, 4.69) is 10.6 Å². The molecule has 0 fully saturated rings. The van der Waals surface area contributed by atoms with Crippen LogP contribution >= 0.6 is 0 Å². The second-order valence-corrected chi connectivity index (χ2v) is 6.47. The van der Waals surface area contributed by atoms with Crippen molar-refractivity contribution in [3.05, 3.63) is 53.6 Å². The zero-order valence-corrected chi connectivity index (χ0v) is 16.5. The highest BCUT2D eigenvalue weighted by Gasteiger charge is 2.15. The molecule has 0 aromatic heterocycles. The van der Waals surface area contributed by atoms with Gasteiger partial charge in [0.2, 0.25) is 0 Å². The molecule has 0 saturated carbocycles. The minimum absolute atomic E-state index is 0.134. The first-order valence-corrected chi connectivity index (χ1v) is 8.94. The summed E-state index contributed by atoms with van der Waals surface area (Å²) < 4.78 is 16.2. The number of carbonyl (C=O) groups excluding carboxylic acids is 1. The van der Waals surface area contributed by atoms with Gasteiger partial charge in [0.15, 0.2) is 0 Å². The van der Waals surface area contributed by atoms with Crippen molar-refractivity contribution in [3.63, 3.8) is 0 Å². The van der Waals surface area contributed by atoms with Gasteiger partial charge in [-0.25, -0.2) is 4.79 Å². The number of hydrogen-bond acceptors (Lipinski definition) is 4. The van der Waals surface area contributed by atoms with Crippen LogP contribution in [-0.2, 0) is 6.54 Å². The maximum atomic E-state index is 12.2. The van der Waals surface area contributed by atoms with Crippen LogP contribution in [0.2, 0.25) is 0 Å². The Morgan fingerprint density at radius 1 is 0.963 bits per heavy atom. The zero-order valence-electron chi connectivity index (χ0n) is 16.5. The summed E-state index contributed by atoms with van der Waals surface area (Å²) >= 11 is 0. The fraction of sp³-hybridized carbons (Fsp3) is 0.381. The standard InChI is InChI=1S/C21H28N2O4/c1-14(2)27-17-8-6-16(7-9-17)13-22-21(24)23-15(3)19-12-18(25-4)10-11-20(19)26-5/h6-12,14-15H,13H2,1-5H3,(H2,22,23,24). The van der Waals surface area contributed by atoms with Crippen LogP contribution in [0.25, 0.3) is 0 Å². The van der Waals surface area contributed by atoms with E-state index in [0.29, 0.717) is 18.0 Å². The van der Waals surface area contributed by atoms with Crippen molar-refractivity contribution in [2.24, 2.45) is 0 Å². The first-order chi connectivity index (χ1) is 12.9. The second kappa shape index (κ2) is 9.71. The summed E-state index contributed by atoms with van der Waals surface area (Å²) in [6.07, 6.45) is 0.134. The van der Waals surface area contributed by atoms with Gasteiger partial charge < -0.3 is 24.8 Å². The number of amides is 2. The van der Waals surface area contributed by atoms with Crippen LogP contribution in [0.3, 0.4) is 0 Å². The van der Waals surface area contributed by atoms with Crippen LogP contribution in [0, 0.1) is 0 Å². The van der Waals surface area contributed by atoms with E-state index in [0.717, 1.165) is 16.9 Å². The number of ether oxygens (including phenoxy) is 3. The Labute approximate surface area is 160 Å². The molecule has 1 atom stereocenters. The quantitative estimate of drug-likeness (QED) is 0.733. The number of rotatable bonds is 8. The molecule has 1 unspecified atom stereocenters. The first kappa shape index (κ1) is 20.4. The summed E-state index contributed by atoms with van der Waals surface area (Å²) in [5.41, 5.74) is 1.84. The Morgan fingerprint density at radius 2 is 1.63 bits per heavy atom. The Balaban J connectivity index is 1.91. The van der Waals surface area contributed by atoms with Crippen molar-refractivity contribution in [3.8, 4) is 17.2 Å². The van der Waals surface area contributed by atoms with Gasteiger partial charge >= 0.3 is 6.03 Å². The number of carbonyl (C=O) groups is 1. The third-order valence-electron chi connectivity index (χ3n) is 4.00. The average molecular weight is 372 g/mol. The predicted molar refractivity (Wildman–Crippen MR) is 106 cm³/mol. The number of benzene rings is 2. The molecule has 2 aromatic rings. The Kier molecular flexibility index (Phi) is 7.34. The van der Waals surface area contributed by atoms with Crippen LogP contribution in [0.1, 0.15) is 37.9 Å². The Bertz CT molecular complexity index is 744. The van der Waals surface area contributed by atoms with Gasteiger partial charge in [-0.15, -0.1) is 0 Å². The molecule has 2 N–H and O–H groups in total. The fourth-order valence-corrected chi connectivity index (χ4v) is 2.64. The topological polar surface area (TPSA) is 68.8 Å². The molecule has 2 aromatic carbocycles. The van der Waals surface area contributed by atoms with Gasteiger partial charge in [0, 0.05) is 12.1 Å². The van der Waals surface area contributed by atoms with Crippen molar-refractivity contribution in [1.82, 2.24) is 10.6 Å². The molecule has 6 heteroatoms. The van der Waals surface area contributed by atoms with Gasteiger partial charge in [0.05, 0.1) is 26.4 Å². The predicted octanol–water partition coefficient (Wildman–Crippen LogP) is 4.05. The van der Waals surface area contributed by atoms with Crippen LogP contribution in [0.4, 0.5) is 4.79 Å². The molecule has 0 heterocycles. The third-order valence-corrected chi connectivity index (χ3v) is 4.00. The minimum atomic E-state index is -0.255. The third kappa shape index (κ3) is 6.09. The van der Waals surface area contributed by atoms with Gasteiger partial charge in [0.1, 0.15) is 17.2 Å². The maximum absolute atomic E-state index is 12.2. The summed E-state index contributed by atoms with van der Waals surface area (Å²) in [6.45, 7) is 6.29. The lowest BCUT2D eigenvalue weighted by Gasteiger charge is -2.18. The molecule has 146 valence electrons. The van der Waals surface area contributed by atoms with Gasteiger partial charge in [0.25, 0.3) is 0 Å². The normalized spacial score (nSPS) is 11.6. The summed E-state index contributed by atoms with van der Waals surface area (Å²) in [5.74, 6) is 2.23. The molecule has 0 aliphatic carbocycles. The van der Waals surface area contributed by atoms with Crippen molar-refractivity contribution in [2.75, 3.05) is 14.2 Å². The summed E-state index contributed by atoms with van der Waals surface area (Å²) in [4.78, 5) is 12.2. The number of methoxy groups -OCH3 is 2. The summed E-state index contributed by atoms with van der Waals surface area (Å²) in [5, 5.41) is 5.78. The van der Waals surface area contributed by atoms with Crippen LogP contribution in [0.15, 0.2) is 42.5 Å². The fourth-order valence-electron chi connectivity index (χ4n) is 2.64. The molecule has 2 amide bonds. The van der Waals surface area contributed by atoms with Crippen molar-refractivity contribution >= 4 is 6.03 Å². The highest BCUT2D eigenvalue weighted by Crippen LogP contribution is 2.29. The first-order valence-electron chi connectivity index (χ1n) is 8.94. The number of nitrogens with one attached hydrogen (secondary N) is 2. The van der Waals surface area contributed by atoms with Crippen LogP contribution < -0.4 is 24.8 Å². The maximum Gasteiger partial charge on any atom is 0.315 e. The van der Waals surface area contributed by atoms with E-state index >= 15 is 0 Å². The number of hydrogen-bond donors (Lipinski definition) is 2. The molecule has 0 radical (unpaired) electrons. The minimum Gasteiger partial charge on any atom is -0.497 e. The lowest BCUT2D eigenvalue weighted by Crippen LogP contribution is -2.36. The van der Waals surface area contributed by atoms with Crippen LogP contribution in [0.5, 0.6) is 17.2 Å². The Hall–Kier alpha value is -2.89. The molecular weight excluding hydrogens is 344 g/mol. The van der Waals surface area contributed by atoms with E-state index in [1.807, 2.05) is 63.2 Å². The lowest BCUT2D eigenvalue weighted by molar-refractivity contribution is 0.237. The summed E-state index contributed by atoms with van der Waals surface area (Å²) in [7, 11) is 3.21. The Morgan fingerprint density at radius 3 is 2.22 bits per heavy atom. The monoisotopic (exact) mass is 372 g/mol. The SMILES string of the molecule is COc1ccc(OC)c(C(C)NC(=O)NCc2ccc(OC(C)C)cc2)c1. The lowest BCUT2D eigenvalue weighted by atomic mass is 10.1. The molecule has 0 bridgehead atoms. The average Bonchev–Trinajstić information content (AvgIpc) is 2.66. The summed E-state index contributed by atoms with van der Waals surface area (Å²) in [6, 6.07) is 12.7.